The lowest BCUT2D eigenvalue weighted by Gasteiger charge is -2.20. The zero-order valence-electron chi connectivity index (χ0n) is 17.1. The second-order valence-electron chi connectivity index (χ2n) is 7.24. The van der Waals surface area contributed by atoms with Crippen molar-refractivity contribution in [2.24, 2.45) is 12.0 Å². The topological polar surface area (TPSA) is 74.6 Å². The third-order valence-corrected chi connectivity index (χ3v) is 5.17. The van der Waals surface area contributed by atoms with Crippen molar-refractivity contribution >= 4 is 22.9 Å². The number of hydrogen-bond donors (Lipinski definition) is 2. The first kappa shape index (κ1) is 20.2. The summed E-state index contributed by atoms with van der Waals surface area (Å²) >= 11 is 0. The lowest BCUT2D eigenvalue weighted by Crippen LogP contribution is -2.39. The molecule has 3 rings (SSSR count). The molecule has 1 aliphatic heterocycles. The molecule has 1 fully saturated rings. The predicted octanol–water partition coefficient (Wildman–Crippen LogP) is 2.42. The van der Waals surface area contributed by atoms with E-state index in [0.717, 1.165) is 68.3 Å². The molecule has 0 atom stereocenters. The molecule has 28 heavy (non-hydrogen) atoms. The van der Waals surface area contributed by atoms with Crippen molar-refractivity contribution in [2.75, 3.05) is 26.2 Å². The fourth-order valence-electron chi connectivity index (χ4n) is 3.58. The highest BCUT2D eigenvalue weighted by molar-refractivity contribution is 5.80. The van der Waals surface area contributed by atoms with E-state index in [1.807, 2.05) is 30.1 Å². The first-order valence-corrected chi connectivity index (χ1v) is 10.4. The number of rotatable bonds is 7. The largest absolute Gasteiger partial charge is 0.357 e. The van der Waals surface area contributed by atoms with Crippen LogP contribution in [0.1, 0.15) is 44.9 Å². The molecular formula is C21H32N6O. The molecule has 1 amide bonds. The first-order valence-electron chi connectivity index (χ1n) is 10.4. The number of para-hydroxylation sites is 2. The van der Waals surface area contributed by atoms with Crippen LogP contribution in [0, 0.1) is 0 Å². The summed E-state index contributed by atoms with van der Waals surface area (Å²) in [4.78, 5) is 23.4. The van der Waals surface area contributed by atoms with Crippen LogP contribution in [0.5, 0.6) is 0 Å². The summed E-state index contributed by atoms with van der Waals surface area (Å²) < 4.78 is 2.09. The zero-order valence-corrected chi connectivity index (χ0v) is 17.1. The van der Waals surface area contributed by atoms with Gasteiger partial charge in [0.2, 0.25) is 5.91 Å². The molecule has 0 spiro atoms. The maximum atomic E-state index is 12.1. The minimum absolute atomic E-state index is 0.305. The fourth-order valence-corrected chi connectivity index (χ4v) is 3.58. The van der Waals surface area contributed by atoms with E-state index in [-0.39, 0.29) is 0 Å². The maximum absolute atomic E-state index is 12.1. The van der Waals surface area contributed by atoms with Crippen molar-refractivity contribution < 1.29 is 4.79 Å². The number of hydrogen-bond acceptors (Lipinski definition) is 3. The molecule has 0 radical (unpaired) electrons. The lowest BCUT2D eigenvalue weighted by atomic mass is 10.2. The van der Waals surface area contributed by atoms with Crippen LogP contribution in [-0.2, 0) is 18.4 Å². The molecule has 0 aliphatic carbocycles. The van der Waals surface area contributed by atoms with E-state index in [4.69, 9.17) is 0 Å². The van der Waals surface area contributed by atoms with Crippen molar-refractivity contribution in [3.63, 3.8) is 0 Å². The molecule has 0 unspecified atom stereocenters. The highest BCUT2D eigenvalue weighted by Crippen LogP contribution is 2.14. The Morgan fingerprint density at radius 3 is 2.89 bits per heavy atom. The van der Waals surface area contributed by atoms with Crippen LogP contribution in [0.25, 0.3) is 11.0 Å². The van der Waals surface area contributed by atoms with E-state index in [1.165, 1.54) is 6.42 Å². The van der Waals surface area contributed by atoms with Gasteiger partial charge in [0.15, 0.2) is 5.96 Å². The second kappa shape index (κ2) is 10.1. The SMILES string of the molecule is CCNC(=NCc1nc2ccccc2n1C)NCCCN1CCCCCC1=O. The second-order valence-corrected chi connectivity index (χ2v) is 7.24. The molecule has 1 saturated heterocycles. The van der Waals surface area contributed by atoms with E-state index in [2.05, 4.69) is 38.2 Å². The van der Waals surface area contributed by atoms with Crippen molar-refractivity contribution in [3.8, 4) is 0 Å². The van der Waals surface area contributed by atoms with E-state index in [1.54, 1.807) is 0 Å². The number of aliphatic imine (C=N–C) groups is 1. The molecule has 0 bridgehead atoms. The average Bonchev–Trinajstić information content (AvgIpc) is 2.87. The van der Waals surface area contributed by atoms with Gasteiger partial charge in [0.05, 0.1) is 11.0 Å². The van der Waals surface area contributed by atoms with Gasteiger partial charge >= 0.3 is 0 Å². The summed E-state index contributed by atoms with van der Waals surface area (Å²) in [5.41, 5.74) is 2.11. The highest BCUT2D eigenvalue weighted by atomic mass is 16.2. The number of imidazole rings is 1. The maximum Gasteiger partial charge on any atom is 0.222 e. The van der Waals surface area contributed by atoms with Gasteiger partial charge in [0.25, 0.3) is 0 Å². The Bertz CT molecular complexity index is 812. The van der Waals surface area contributed by atoms with Gasteiger partial charge in [-0.3, -0.25) is 4.79 Å². The van der Waals surface area contributed by atoms with Crippen LogP contribution >= 0.6 is 0 Å². The van der Waals surface area contributed by atoms with Gasteiger partial charge in [-0.05, 0) is 38.3 Å². The van der Waals surface area contributed by atoms with Crippen LogP contribution in [-0.4, -0.2) is 52.5 Å². The fraction of sp³-hybridized carbons (Fsp3) is 0.571. The Labute approximate surface area is 167 Å². The number of likely N-dealkylation sites (tertiary alicyclic amines) is 1. The van der Waals surface area contributed by atoms with Crippen LogP contribution in [0.3, 0.4) is 0 Å². The molecule has 7 heteroatoms. The van der Waals surface area contributed by atoms with Gasteiger partial charge in [-0.2, -0.15) is 0 Å². The Hall–Kier alpha value is -2.57. The van der Waals surface area contributed by atoms with Crippen LogP contribution in [0.2, 0.25) is 0 Å². The van der Waals surface area contributed by atoms with Crippen LogP contribution in [0.15, 0.2) is 29.3 Å². The number of carbonyl (C=O) groups excluding carboxylic acids is 1. The van der Waals surface area contributed by atoms with E-state index >= 15 is 0 Å². The molecule has 1 aromatic carbocycles. The molecule has 2 N–H and O–H groups in total. The van der Waals surface area contributed by atoms with Crippen molar-refractivity contribution in [1.29, 1.82) is 0 Å². The average molecular weight is 385 g/mol. The number of nitrogens with one attached hydrogen (secondary N) is 2. The number of guanidine groups is 1. The summed E-state index contributed by atoms with van der Waals surface area (Å²) in [5.74, 6) is 2.03. The predicted molar refractivity (Wildman–Crippen MR) is 113 cm³/mol. The van der Waals surface area contributed by atoms with Gasteiger partial charge in [0, 0.05) is 39.6 Å². The third kappa shape index (κ3) is 5.24. The third-order valence-electron chi connectivity index (χ3n) is 5.17. The van der Waals surface area contributed by atoms with Crippen LogP contribution in [0.4, 0.5) is 0 Å². The summed E-state index contributed by atoms with van der Waals surface area (Å²) in [6.45, 7) is 5.89. The van der Waals surface area contributed by atoms with Crippen molar-refractivity contribution in [3.05, 3.63) is 30.1 Å². The Morgan fingerprint density at radius 1 is 1.21 bits per heavy atom. The number of carbonyl (C=O) groups is 1. The number of nitrogens with zero attached hydrogens (tertiary/aromatic N) is 4. The minimum atomic E-state index is 0.305. The van der Waals surface area contributed by atoms with Gasteiger partial charge in [-0.25, -0.2) is 9.98 Å². The zero-order chi connectivity index (χ0) is 19.8. The van der Waals surface area contributed by atoms with Gasteiger partial charge in [-0.1, -0.05) is 18.6 Å². The van der Waals surface area contributed by atoms with E-state index in [0.29, 0.717) is 18.9 Å². The highest BCUT2D eigenvalue weighted by Gasteiger charge is 2.15. The first-order chi connectivity index (χ1) is 13.7. The summed E-state index contributed by atoms with van der Waals surface area (Å²) in [5, 5.41) is 6.66. The number of aryl methyl sites for hydroxylation is 1. The number of aromatic nitrogens is 2. The summed E-state index contributed by atoms with van der Waals surface area (Å²) in [6.07, 6.45) is 4.95. The van der Waals surface area contributed by atoms with E-state index < -0.39 is 0 Å². The van der Waals surface area contributed by atoms with Crippen molar-refractivity contribution in [2.45, 2.75) is 45.6 Å². The number of benzene rings is 1. The molecular weight excluding hydrogens is 352 g/mol. The molecule has 0 saturated carbocycles. The van der Waals surface area contributed by atoms with E-state index in [9.17, 15) is 4.79 Å². The van der Waals surface area contributed by atoms with Gasteiger partial charge < -0.3 is 20.1 Å². The lowest BCUT2D eigenvalue weighted by molar-refractivity contribution is -0.130. The molecule has 2 heterocycles. The molecule has 1 aromatic heterocycles. The Kier molecular flexibility index (Phi) is 7.28. The smallest absolute Gasteiger partial charge is 0.222 e. The molecule has 1 aliphatic rings. The monoisotopic (exact) mass is 384 g/mol. The number of amides is 1. The van der Waals surface area contributed by atoms with Crippen LogP contribution < -0.4 is 10.6 Å². The van der Waals surface area contributed by atoms with Gasteiger partial charge in [0.1, 0.15) is 12.4 Å². The normalized spacial score (nSPS) is 15.7. The summed E-state index contributed by atoms with van der Waals surface area (Å²) in [6, 6.07) is 8.13. The molecule has 152 valence electrons. The standard InChI is InChI=1S/C21H32N6O/c1-3-22-21(23-13-9-15-27-14-8-4-5-12-20(27)28)24-16-19-25-17-10-6-7-11-18(17)26(19)2/h6-7,10-11H,3-5,8-9,12-16H2,1-2H3,(H2,22,23,24). The van der Waals surface area contributed by atoms with Gasteiger partial charge in [-0.15, -0.1) is 0 Å². The van der Waals surface area contributed by atoms with Crippen molar-refractivity contribution in [1.82, 2.24) is 25.1 Å². The Balaban J connectivity index is 1.52. The quantitative estimate of drug-likeness (QED) is 0.437. The minimum Gasteiger partial charge on any atom is -0.357 e. The molecule has 2 aromatic rings. The summed E-state index contributed by atoms with van der Waals surface area (Å²) in [7, 11) is 2.03. The Morgan fingerprint density at radius 2 is 2.07 bits per heavy atom. The number of fused-ring (bicyclic) bond motifs is 1. The molecule has 7 nitrogen and oxygen atoms in total.